The Morgan fingerprint density at radius 3 is 2.37 bits per heavy atom. The number of piperidine rings is 2. The molecule has 2 saturated heterocycles. The summed E-state index contributed by atoms with van der Waals surface area (Å²) in [7, 11) is 0. The molecule has 0 spiro atoms. The number of pyridine rings is 1. The number of aromatic nitrogens is 1. The van der Waals surface area contributed by atoms with Crippen molar-refractivity contribution in [2.75, 3.05) is 26.2 Å². The molecule has 3 heterocycles. The van der Waals surface area contributed by atoms with E-state index in [1.54, 1.807) is 0 Å². The van der Waals surface area contributed by atoms with E-state index in [0.29, 0.717) is 25.6 Å². The van der Waals surface area contributed by atoms with Crippen LogP contribution in [0, 0.1) is 18.8 Å². The van der Waals surface area contributed by atoms with Crippen LogP contribution >= 0.6 is 0 Å². The standard InChI is InChI=1S/C29H38N4O2/c1-21-11-12-26(28(34)33-18-13-23-9-5-6-10-25(23)20-33)27(31-21)24-14-16-32(17-15-24)29(35)30-19-22-7-3-2-4-8-22/h2-4,7-8,11-12,23-25H,5-6,9-10,13-20H2,1H3,(H,30,35). The second-order valence-corrected chi connectivity index (χ2v) is 10.6. The van der Waals surface area contributed by atoms with Gasteiger partial charge >= 0.3 is 6.03 Å². The lowest BCUT2D eigenvalue weighted by Gasteiger charge is -2.41. The van der Waals surface area contributed by atoms with E-state index < -0.39 is 0 Å². The molecule has 0 bridgehead atoms. The number of aryl methyl sites for hydroxylation is 1. The van der Waals surface area contributed by atoms with Gasteiger partial charge in [-0.1, -0.05) is 49.6 Å². The van der Waals surface area contributed by atoms with E-state index in [2.05, 4.69) is 10.2 Å². The maximum absolute atomic E-state index is 13.7. The summed E-state index contributed by atoms with van der Waals surface area (Å²) >= 11 is 0. The van der Waals surface area contributed by atoms with Crippen LogP contribution in [0.15, 0.2) is 42.5 Å². The lowest BCUT2D eigenvalue weighted by atomic mass is 9.75. The highest BCUT2D eigenvalue weighted by atomic mass is 16.2. The van der Waals surface area contributed by atoms with Crippen molar-refractivity contribution in [2.24, 2.45) is 11.8 Å². The van der Waals surface area contributed by atoms with E-state index in [1.807, 2.05) is 54.3 Å². The van der Waals surface area contributed by atoms with Gasteiger partial charge in [-0.25, -0.2) is 4.79 Å². The molecule has 1 N–H and O–H groups in total. The smallest absolute Gasteiger partial charge is 0.317 e. The Bertz CT molecular complexity index is 1030. The number of urea groups is 1. The van der Waals surface area contributed by atoms with Crippen LogP contribution in [-0.2, 0) is 6.54 Å². The number of benzene rings is 1. The molecule has 1 aliphatic carbocycles. The molecule has 1 aromatic carbocycles. The lowest BCUT2D eigenvalue weighted by Crippen LogP contribution is -2.45. The fourth-order valence-corrected chi connectivity index (χ4v) is 6.27. The first-order valence-electron chi connectivity index (χ1n) is 13.4. The zero-order valence-corrected chi connectivity index (χ0v) is 20.9. The first-order chi connectivity index (χ1) is 17.1. The number of amides is 3. The number of hydrogen-bond donors (Lipinski definition) is 1. The molecule has 6 nitrogen and oxygen atoms in total. The monoisotopic (exact) mass is 474 g/mol. The molecule has 35 heavy (non-hydrogen) atoms. The van der Waals surface area contributed by atoms with Crippen molar-refractivity contribution in [3.8, 4) is 0 Å². The van der Waals surface area contributed by atoms with Crippen LogP contribution in [0.25, 0.3) is 0 Å². The maximum atomic E-state index is 13.7. The fourth-order valence-electron chi connectivity index (χ4n) is 6.27. The summed E-state index contributed by atoms with van der Waals surface area (Å²) in [6.45, 7) is 5.67. The molecular weight excluding hydrogens is 436 g/mol. The zero-order valence-electron chi connectivity index (χ0n) is 20.9. The third-order valence-corrected chi connectivity index (χ3v) is 8.33. The van der Waals surface area contributed by atoms with E-state index >= 15 is 0 Å². The molecule has 3 amide bonds. The molecule has 2 aromatic rings. The Morgan fingerprint density at radius 1 is 0.886 bits per heavy atom. The maximum Gasteiger partial charge on any atom is 0.317 e. The van der Waals surface area contributed by atoms with Crippen molar-refractivity contribution in [1.82, 2.24) is 20.1 Å². The summed E-state index contributed by atoms with van der Waals surface area (Å²) in [4.78, 5) is 35.2. The molecule has 3 fully saturated rings. The highest BCUT2D eigenvalue weighted by molar-refractivity contribution is 5.95. The largest absolute Gasteiger partial charge is 0.338 e. The molecule has 2 unspecified atom stereocenters. The number of carbonyl (C=O) groups is 2. The summed E-state index contributed by atoms with van der Waals surface area (Å²) in [5.74, 6) is 1.83. The van der Waals surface area contributed by atoms with Crippen LogP contribution in [0.4, 0.5) is 4.79 Å². The molecule has 0 radical (unpaired) electrons. The van der Waals surface area contributed by atoms with Crippen LogP contribution in [0.2, 0.25) is 0 Å². The van der Waals surface area contributed by atoms with Crippen molar-refractivity contribution < 1.29 is 9.59 Å². The Balaban J connectivity index is 1.22. The second-order valence-electron chi connectivity index (χ2n) is 10.6. The minimum atomic E-state index is -0.0174. The average Bonchev–Trinajstić information content (AvgIpc) is 2.91. The van der Waals surface area contributed by atoms with Gasteiger partial charge in [-0.05, 0) is 62.1 Å². The Morgan fingerprint density at radius 2 is 1.60 bits per heavy atom. The first kappa shape index (κ1) is 23.8. The highest BCUT2D eigenvalue weighted by Crippen LogP contribution is 2.37. The van der Waals surface area contributed by atoms with Gasteiger partial charge in [0.15, 0.2) is 0 Å². The molecule has 1 saturated carbocycles. The minimum absolute atomic E-state index is 0.0174. The molecule has 5 rings (SSSR count). The second kappa shape index (κ2) is 10.8. The summed E-state index contributed by atoms with van der Waals surface area (Å²) < 4.78 is 0. The van der Waals surface area contributed by atoms with E-state index in [-0.39, 0.29) is 17.9 Å². The van der Waals surface area contributed by atoms with E-state index in [4.69, 9.17) is 4.98 Å². The molecule has 6 heteroatoms. The average molecular weight is 475 g/mol. The predicted molar refractivity (Wildman–Crippen MR) is 137 cm³/mol. The lowest BCUT2D eigenvalue weighted by molar-refractivity contribution is 0.0518. The van der Waals surface area contributed by atoms with Crippen LogP contribution in [0.3, 0.4) is 0 Å². The molecule has 3 aliphatic rings. The third-order valence-electron chi connectivity index (χ3n) is 8.33. The normalized spacial score (nSPS) is 23.0. The molecule has 2 atom stereocenters. The van der Waals surface area contributed by atoms with Gasteiger partial charge in [0.25, 0.3) is 5.91 Å². The van der Waals surface area contributed by atoms with Crippen LogP contribution in [0.5, 0.6) is 0 Å². The molecule has 1 aromatic heterocycles. The predicted octanol–water partition coefficient (Wildman–Crippen LogP) is 5.13. The van der Waals surface area contributed by atoms with Crippen LogP contribution < -0.4 is 5.32 Å². The zero-order chi connectivity index (χ0) is 24.2. The topological polar surface area (TPSA) is 65.5 Å². The number of fused-ring (bicyclic) bond motifs is 1. The van der Waals surface area contributed by atoms with Crippen molar-refractivity contribution >= 4 is 11.9 Å². The van der Waals surface area contributed by atoms with E-state index in [9.17, 15) is 9.59 Å². The van der Waals surface area contributed by atoms with Crippen LogP contribution in [-0.4, -0.2) is 52.9 Å². The molecule has 186 valence electrons. The van der Waals surface area contributed by atoms with Gasteiger partial charge in [-0.3, -0.25) is 9.78 Å². The third kappa shape index (κ3) is 5.52. The number of hydrogen-bond acceptors (Lipinski definition) is 3. The number of rotatable bonds is 4. The Labute approximate surface area is 209 Å². The van der Waals surface area contributed by atoms with Gasteiger partial charge in [0.05, 0.1) is 11.3 Å². The van der Waals surface area contributed by atoms with Crippen molar-refractivity contribution in [3.63, 3.8) is 0 Å². The van der Waals surface area contributed by atoms with Crippen molar-refractivity contribution in [3.05, 3.63) is 65.0 Å². The Hall–Kier alpha value is -2.89. The van der Waals surface area contributed by atoms with Gasteiger partial charge in [-0.2, -0.15) is 0 Å². The SMILES string of the molecule is Cc1ccc(C(=O)N2CCC3CCCCC3C2)c(C2CCN(C(=O)NCc3ccccc3)CC2)n1. The summed E-state index contributed by atoms with van der Waals surface area (Å²) in [6, 6.07) is 13.9. The van der Waals surface area contributed by atoms with Gasteiger partial charge < -0.3 is 15.1 Å². The first-order valence-corrected chi connectivity index (χ1v) is 13.4. The van der Waals surface area contributed by atoms with E-state index in [1.165, 1.54) is 25.7 Å². The van der Waals surface area contributed by atoms with Gasteiger partial charge in [0.1, 0.15) is 0 Å². The van der Waals surface area contributed by atoms with Gasteiger partial charge in [-0.15, -0.1) is 0 Å². The van der Waals surface area contributed by atoms with E-state index in [0.717, 1.165) is 60.8 Å². The van der Waals surface area contributed by atoms with Crippen LogP contribution in [0.1, 0.15) is 78.2 Å². The van der Waals surface area contributed by atoms with Gasteiger partial charge in [0.2, 0.25) is 0 Å². The number of nitrogens with one attached hydrogen (secondary N) is 1. The van der Waals surface area contributed by atoms with Gasteiger partial charge in [0, 0.05) is 44.3 Å². The number of nitrogens with zero attached hydrogens (tertiary/aromatic N) is 3. The quantitative estimate of drug-likeness (QED) is 0.668. The minimum Gasteiger partial charge on any atom is -0.338 e. The molecular formula is C29H38N4O2. The Kier molecular flexibility index (Phi) is 7.35. The molecule has 2 aliphatic heterocycles. The summed E-state index contributed by atoms with van der Waals surface area (Å²) in [5.41, 5.74) is 3.76. The van der Waals surface area contributed by atoms with Crippen molar-refractivity contribution in [1.29, 1.82) is 0 Å². The summed E-state index contributed by atoms with van der Waals surface area (Å²) in [6.07, 6.45) is 8.06. The fraction of sp³-hybridized carbons (Fsp3) is 0.552. The summed E-state index contributed by atoms with van der Waals surface area (Å²) in [5, 5.41) is 3.04. The number of likely N-dealkylation sites (tertiary alicyclic amines) is 2. The van der Waals surface area contributed by atoms with Crippen molar-refractivity contribution in [2.45, 2.75) is 64.3 Å². The highest BCUT2D eigenvalue weighted by Gasteiger charge is 2.35. The number of carbonyl (C=O) groups excluding carboxylic acids is 2.